The zero-order valence-electron chi connectivity index (χ0n) is 10.5. The van der Waals surface area contributed by atoms with E-state index in [2.05, 4.69) is 23.6 Å². The van der Waals surface area contributed by atoms with E-state index in [9.17, 15) is 8.42 Å². The number of nitrogens with zero attached hydrogens (tertiary/aromatic N) is 1. The van der Waals surface area contributed by atoms with Crippen LogP contribution in [0.2, 0.25) is 5.02 Å². The molecule has 1 N–H and O–H groups in total. The highest BCUT2D eigenvalue weighted by Crippen LogP contribution is 2.38. The van der Waals surface area contributed by atoms with Crippen LogP contribution < -0.4 is 4.72 Å². The molecule has 0 bridgehead atoms. The highest BCUT2D eigenvalue weighted by molar-refractivity contribution is 7.89. The van der Waals surface area contributed by atoms with Gasteiger partial charge >= 0.3 is 0 Å². The molecule has 0 saturated heterocycles. The lowest BCUT2D eigenvalue weighted by Gasteiger charge is -2.27. The molecule has 0 aromatic carbocycles. The Bertz CT molecular complexity index is 543. The van der Waals surface area contributed by atoms with Crippen LogP contribution in [0.25, 0.3) is 0 Å². The number of nitrogens with one attached hydrogen (secondary N) is 1. The molecule has 4 nitrogen and oxygen atoms in total. The number of sulfonamides is 1. The predicted molar refractivity (Wildman–Crippen MR) is 71.0 cm³/mol. The van der Waals surface area contributed by atoms with Gasteiger partial charge in [0.2, 0.25) is 10.0 Å². The normalized spacial score (nSPS) is 23.2. The summed E-state index contributed by atoms with van der Waals surface area (Å²) in [4.78, 5) is 3.87. The number of aromatic nitrogens is 1. The molecular formula is C12H17ClN2O2S. The van der Waals surface area contributed by atoms with Gasteiger partial charge in [0, 0.05) is 18.4 Å². The van der Waals surface area contributed by atoms with Gasteiger partial charge in [0.1, 0.15) is 4.90 Å². The van der Waals surface area contributed by atoms with Crippen LogP contribution in [0.3, 0.4) is 0 Å². The maximum absolute atomic E-state index is 12.3. The van der Waals surface area contributed by atoms with E-state index < -0.39 is 10.0 Å². The Kier molecular flexibility index (Phi) is 3.67. The quantitative estimate of drug-likeness (QED) is 0.930. The standard InChI is InChI=1S/C12H17ClN2O2S/c1-12(2)6-3-4-11(12)15-18(16,17)10-8-14-7-5-9(10)13/h5,7-8,11,15H,3-4,6H2,1-2H3. The lowest BCUT2D eigenvalue weighted by molar-refractivity contribution is 0.313. The second kappa shape index (κ2) is 4.79. The van der Waals surface area contributed by atoms with Crippen LogP contribution in [0.4, 0.5) is 0 Å². The smallest absolute Gasteiger partial charge is 0.243 e. The lowest BCUT2D eigenvalue weighted by atomic mass is 9.88. The summed E-state index contributed by atoms with van der Waals surface area (Å²) in [5.74, 6) is 0. The highest BCUT2D eigenvalue weighted by Gasteiger charge is 2.37. The van der Waals surface area contributed by atoms with Crippen molar-refractivity contribution >= 4 is 21.6 Å². The largest absolute Gasteiger partial charge is 0.263 e. The van der Waals surface area contributed by atoms with Crippen molar-refractivity contribution in [2.75, 3.05) is 0 Å². The number of rotatable bonds is 3. The minimum absolute atomic E-state index is 0.0121. The Morgan fingerprint density at radius 1 is 1.50 bits per heavy atom. The number of hydrogen-bond acceptors (Lipinski definition) is 3. The molecule has 1 unspecified atom stereocenters. The molecule has 1 heterocycles. The molecule has 1 aromatic rings. The van der Waals surface area contributed by atoms with Crippen molar-refractivity contribution in [1.82, 2.24) is 9.71 Å². The third kappa shape index (κ3) is 2.68. The topological polar surface area (TPSA) is 59.1 Å². The monoisotopic (exact) mass is 288 g/mol. The van der Waals surface area contributed by atoms with Crippen molar-refractivity contribution in [3.63, 3.8) is 0 Å². The molecule has 0 radical (unpaired) electrons. The summed E-state index contributed by atoms with van der Waals surface area (Å²) in [6, 6.07) is 1.44. The van der Waals surface area contributed by atoms with E-state index in [4.69, 9.17) is 11.6 Å². The fraction of sp³-hybridized carbons (Fsp3) is 0.583. The van der Waals surface area contributed by atoms with Gasteiger partial charge in [-0.05, 0) is 24.3 Å². The average Bonchev–Trinajstić information content (AvgIpc) is 2.58. The fourth-order valence-corrected chi connectivity index (χ4v) is 4.23. The second-order valence-corrected chi connectivity index (χ2v) is 7.45. The van der Waals surface area contributed by atoms with Gasteiger partial charge in [-0.3, -0.25) is 4.98 Å². The molecule has 6 heteroatoms. The molecule has 1 aliphatic carbocycles. The Hall–Kier alpha value is -0.650. The maximum Gasteiger partial charge on any atom is 0.243 e. The molecule has 1 aromatic heterocycles. The van der Waals surface area contributed by atoms with Gasteiger partial charge in [0.15, 0.2) is 0 Å². The van der Waals surface area contributed by atoms with Crippen LogP contribution in [0, 0.1) is 5.41 Å². The molecule has 2 rings (SSSR count). The van der Waals surface area contributed by atoms with Crippen molar-refractivity contribution in [3.8, 4) is 0 Å². The first-order valence-electron chi connectivity index (χ1n) is 5.95. The lowest BCUT2D eigenvalue weighted by Crippen LogP contribution is -2.41. The Morgan fingerprint density at radius 2 is 2.22 bits per heavy atom. The molecule has 1 aliphatic rings. The Labute approximate surface area is 113 Å². The first-order chi connectivity index (χ1) is 8.33. The van der Waals surface area contributed by atoms with E-state index in [0.29, 0.717) is 0 Å². The minimum Gasteiger partial charge on any atom is -0.263 e. The van der Waals surface area contributed by atoms with Crippen LogP contribution in [0.15, 0.2) is 23.4 Å². The van der Waals surface area contributed by atoms with E-state index >= 15 is 0 Å². The van der Waals surface area contributed by atoms with Gasteiger partial charge in [0.05, 0.1) is 5.02 Å². The Balaban J connectivity index is 2.26. The van der Waals surface area contributed by atoms with E-state index in [1.165, 1.54) is 18.5 Å². The van der Waals surface area contributed by atoms with Gasteiger partial charge < -0.3 is 0 Å². The maximum atomic E-state index is 12.3. The SMILES string of the molecule is CC1(C)CCCC1NS(=O)(=O)c1cnccc1Cl. The van der Waals surface area contributed by atoms with Gasteiger partial charge in [-0.25, -0.2) is 13.1 Å². The molecule has 100 valence electrons. The van der Waals surface area contributed by atoms with Gasteiger partial charge in [-0.15, -0.1) is 0 Å². The summed E-state index contributed by atoms with van der Waals surface area (Å²) in [5, 5.41) is 0.202. The van der Waals surface area contributed by atoms with Crippen LogP contribution in [-0.4, -0.2) is 19.4 Å². The third-order valence-corrected chi connectivity index (χ3v) is 5.52. The zero-order valence-corrected chi connectivity index (χ0v) is 12.1. The van der Waals surface area contributed by atoms with Crippen molar-refractivity contribution < 1.29 is 8.42 Å². The van der Waals surface area contributed by atoms with E-state index in [0.717, 1.165) is 19.3 Å². The number of halogens is 1. The molecule has 0 aliphatic heterocycles. The second-order valence-electron chi connectivity index (χ2n) is 5.36. The van der Waals surface area contributed by atoms with Crippen LogP contribution in [0.1, 0.15) is 33.1 Å². The molecule has 1 fully saturated rings. The van der Waals surface area contributed by atoms with Crippen LogP contribution in [0.5, 0.6) is 0 Å². The summed E-state index contributed by atoms with van der Waals surface area (Å²) in [6.07, 6.45) is 5.69. The Morgan fingerprint density at radius 3 is 2.78 bits per heavy atom. The van der Waals surface area contributed by atoms with Gasteiger partial charge in [-0.1, -0.05) is 31.9 Å². The van der Waals surface area contributed by atoms with Crippen molar-refractivity contribution in [3.05, 3.63) is 23.5 Å². The van der Waals surface area contributed by atoms with E-state index in [1.54, 1.807) is 0 Å². The van der Waals surface area contributed by atoms with Gasteiger partial charge in [0.25, 0.3) is 0 Å². The first-order valence-corrected chi connectivity index (χ1v) is 7.81. The molecule has 18 heavy (non-hydrogen) atoms. The highest BCUT2D eigenvalue weighted by atomic mass is 35.5. The number of pyridine rings is 1. The predicted octanol–water partition coefficient (Wildman–Crippen LogP) is 2.59. The van der Waals surface area contributed by atoms with Gasteiger partial charge in [-0.2, -0.15) is 0 Å². The van der Waals surface area contributed by atoms with Crippen LogP contribution in [-0.2, 0) is 10.0 Å². The van der Waals surface area contributed by atoms with Crippen molar-refractivity contribution in [2.24, 2.45) is 5.41 Å². The third-order valence-electron chi connectivity index (χ3n) is 3.58. The minimum atomic E-state index is -3.59. The fourth-order valence-electron chi connectivity index (χ4n) is 2.36. The first kappa shape index (κ1) is 13.8. The van der Waals surface area contributed by atoms with Crippen LogP contribution >= 0.6 is 11.6 Å². The molecular weight excluding hydrogens is 272 g/mol. The van der Waals surface area contributed by atoms with Crippen molar-refractivity contribution in [2.45, 2.75) is 44.0 Å². The summed E-state index contributed by atoms with van der Waals surface area (Å²) in [7, 11) is -3.59. The molecule has 1 atom stereocenters. The van der Waals surface area contributed by atoms with Crippen molar-refractivity contribution in [1.29, 1.82) is 0 Å². The summed E-state index contributed by atoms with van der Waals surface area (Å²) < 4.78 is 27.3. The number of hydrogen-bond donors (Lipinski definition) is 1. The summed E-state index contributed by atoms with van der Waals surface area (Å²) in [5.41, 5.74) is -0.0121. The molecule has 1 saturated carbocycles. The summed E-state index contributed by atoms with van der Waals surface area (Å²) >= 11 is 5.91. The summed E-state index contributed by atoms with van der Waals surface area (Å²) in [6.45, 7) is 4.16. The zero-order chi connectivity index (χ0) is 13.4. The molecule has 0 amide bonds. The average molecular weight is 289 g/mol. The van der Waals surface area contributed by atoms with E-state index in [1.807, 2.05) is 0 Å². The molecule has 0 spiro atoms. The van der Waals surface area contributed by atoms with E-state index in [-0.39, 0.29) is 21.4 Å².